The Morgan fingerprint density at radius 2 is 2.05 bits per heavy atom. The minimum Gasteiger partial charge on any atom is -0.345 e. The third-order valence-corrected chi connectivity index (χ3v) is 2.87. The van der Waals surface area contributed by atoms with Crippen molar-refractivity contribution < 1.29 is 4.79 Å². The normalized spacial score (nSPS) is 9.84. The number of benzene rings is 1. The van der Waals surface area contributed by atoms with Crippen LogP contribution in [0.15, 0.2) is 30.3 Å². The molecule has 0 fully saturated rings. The molecule has 1 aromatic rings. The second-order valence-corrected chi connectivity index (χ2v) is 4.34. The first-order valence-corrected chi connectivity index (χ1v) is 6.73. The summed E-state index contributed by atoms with van der Waals surface area (Å²) in [7, 11) is 0. The second kappa shape index (κ2) is 9.18. The first-order valence-electron chi connectivity index (χ1n) is 6.73. The topological polar surface area (TPSA) is 32.3 Å². The van der Waals surface area contributed by atoms with Gasteiger partial charge in [-0.1, -0.05) is 43.2 Å². The smallest absolute Gasteiger partial charge is 0.295 e. The minimum atomic E-state index is -0.186. The van der Waals surface area contributed by atoms with Gasteiger partial charge in [0.1, 0.15) is 0 Å². The molecule has 3 heteroatoms. The predicted octanol–water partition coefficient (Wildman–Crippen LogP) is 2.04. The summed E-state index contributed by atoms with van der Waals surface area (Å²) in [5.74, 6) is 4.88. The van der Waals surface area contributed by atoms with E-state index in [0.717, 1.165) is 26.1 Å². The van der Waals surface area contributed by atoms with Crippen LogP contribution in [0, 0.1) is 11.8 Å². The Bertz CT molecular complexity index is 431. The fraction of sp³-hybridized carbons (Fsp3) is 0.438. The van der Waals surface area contributed by atoms with Crippen molar-refractivity contribution in [1.82, 2.24) is 10.2 Å². The molecule has 0 aromatic heterocycles. The van der Waals surface area contributed by atoms with Crippen molar-refractivity contribution in [2.45, 2.75) is 26.8 Å². The lowest BCUT2D eigenvalue weighted by Crippen LogP contribution is -2.29. The molecule has 0 saturated heterocycles. The molecule has 19 heavy (non-hydrogen) atoms. The zero-order valence-electron chi connectivity index (χ0n) is 11.8. The molecule has 0 atom stereocenters. The maximum absolute atomic E-state index is 11.1. The first kappa shape index (κ1) is 15.3. The van der Waals surface area contributed by atoms with Crippen molar-refractivity contribution >= 4 is 5.91 Å². The van der Waals surface area contributed by atoms with E-state index in [1.54, 1.807) is 6.92 Å². The minimum absolute atomic E-state index is 0.186. The van der Waals surface area contributed by atoms with Gasteiger partial charge in [0, 0.05) is 19.6 Å². The maximum atomic E-state index is 11.1. The Kier molecular flexibility index (Phi) is 7.38. The van der Waals surface area contributed by atoms with Gasteiger partial charge in [0.15, 0.2) is 0 Å². The highest BCUT2D eigenvalue weighted by Crippen LogP contribution is 2.04. The van der Waals surface area contributed by atoms with Gasteiger partial charge >= 0.3 is 0 Å². The summed E-state index contributed by atoms with van der Waals surface area (Å²) in [6, 6.07) is 10.4. The summed E-state index contributed by atoms with van der Waals surface area (Å²) in [6.07, 6.45) is 0.942. The van der Waals surface area contributed by atoms with E-state index in [2.05, 4.69) is 53.2 Å². The zero-order chi connectivity index (χ0) is 13.9. The Labute approximate surface area is 116 Å². The SMILES string of the molecule is CC#CC(=O)NCCCN(CC)Cc1ccccc1. The molecular formula is C16H22N2O. The lowest BCUT2D eigenvalue weighted by atomic mass is 10.2. The van der Waals surface area contributed by atoms with Crippen LogP contribution in [0.1, 0.15) is 25.8 Å². The Morgan fingerprint density at radius 3 is 2.68 bits per heavy atom. The first-order chi connectivity index (χ1) is 9.26. The van der Waals surface area contributed by atoms with E-state index in [4.69, 9.17) is 0 Å². The van der Waals surface area contributed by atoms with Crippen molar-refractivity contribution in [2.75, 3.05) is 19.6 Å². The standard InChI is InChI=1S/C16H22N2O/c1-3-9-16(19)17-12-8-13-18(4-2)14-15-10-6-5-7-11-15/h5-7,10-11H,4,8,12-14H2,1-2H3,(H,17,19). The molecule has 0 heterocycles. The van der Waals surface area contributed by atoms with E-state index in [0.29, 0.717) is 6.54 Å². The number of amides is 1. The fourth-order valence-electron chi connectivity index (χ4n) is 1.85. The van der Waals surface area contributed by atoms with Crippen LogP contribution in [0.5, 0.6) is 0 Å². The van der Waals surface area contributed by atoms with E-state index in [-0.39, 0.29) is 5.91 Å². The van der Waals surface area contributed by atoms with Crippen LogP contribution in [0.2, 0.25) is 0 Å². The van der Waals surface area contributed by atoms with Gasteiger partial charge < -0.3 is 5.32 Å². The summed E-state index contributed by atoms with van der Waals surface area (Å²) < 4.78 is 0. The number of hydrogen-bond donors (Lipinski definition) is 1. The maximum Gasteiger partial charge on any atom is 0.295 e. The van der Waals surface area contributed by atoms with Gasteiger partial charge in [-0.15, -0.1) is 0 Å². The molecule has 0 radical (unpaired) electrons. The summed E-state index contributed by atoms with van der Waals surface area (Å²) in [5, 5.41) is 2.79. The molecule has 3 nitrogen and oxygen atoms in total. The lowest BCUT2D eigenvalue weighted by molar-refractivity contribution is -0.115. The van der Waals surface area contributed by atoms with Gasteiger partial charge in [0.25, 0.3) is 5.91 Å². The van der Waals surface area contributed by atoms with Crippen LogP contribution in [0.25, 0.3) is 0 Å². The van der Waals surface area contributed by atoms with Crippen molar-refractivity contribution in [3.05, 3.63) is 35.9 Å². The molecule has 0 bridgehead atoms. The van der Waals surface area contributed by atoms with Crippen LogP contribution < -0.4 is 5.32 Å². The fourth-order valence-corrected chi connectivity index (χ4v) is 1.85. The highest BCUT2D eigenvalue weighted by Gasteiger charge is 2.03. The molecule has 0 spiro atoms. The molecule has 0 aliphatic heterocycles. The van der Waals surface area contributed by atoms with Gasteiger partial charge in [0.05, 0.1) is 0 Å². The molecule has 1 rings (SSSR count). The number of carbonyl (C=O) groups excluding carboxylic acids is 1. The van der Waals surface area contributed by atoms with Crippen LogP contribution >= 0.6 is 0 Å². The molecular weight excluding hydrogens is 236 g/mol. The molecule has 0 saturated carbocycles. The molecule has 0 aliphatic carbocycles. The van der Waals surface area contributed by atoms with Gasteiger partial charge in [-0.05, 0) is 31.4 Å². The molecule has 0 aliphatic rings. The van der Waals surface area contributed by atoms with Crippen molar-refractivity contribution in [3.63, 3.8) is 0 Å². The van der Waals surface area contributed by atoms with Gasteiger partial charge in [-0.3, -0.25) is 9.69 Å². The summed E-state index contributed by atoms with van der Waals surface area (Å²) >= 11 is 0. The Hall–Kier alpha value is -1.79. The molecule has 1 aromatic carbocycles. The average molecular weight is 258 g/mol. The van der Waals surface area contributed by atoms with E-state index < -0.39 is 0 Å². The van der Waals surface area contributed by atoms with Gasteiger partial charge in [0.2, 0.25) is 0 Å². The van der Waals surface area contributed by atoms with E-state index >= 15 is 0 Å². The molecule has 0 unspecified atom stereocenters. The zero-order valence-corrected chi connectivity index (χ0v) is 11.8. The number of rotatable bonds is 7. The number of carbonyl (C=O) groups is 1. The number of hydrogen-bond acceptors (Lipinski definition) is 2. The number of nitrogens with zero attached hydrogens (tertiary/aromatic N) is 1. The predicted molar refractivity (Wildman–Crippen MR) is 78.5 cm³/mol. The highest BCUT2D eigenvalue weighted by atomic mass is 16.1. The van der Waals surface area contributed by atoms with Crippen LogP contribution in [-0.4, -0.2) is 30.4 Å². The van der Waals surface area contributed by atoms with Crippen molar-refractivity contribution in [3.8, 4) is 11.8 Å². The second-order valence-electron chi connectivity index (χ2n) is 4.34. The highest BCUT2D eigenvalue weighted by molar-refractivity contribution is 5.93. The molecule has 102 valence electrons. The average Bonchev–Trinajstić information content (AvgIpc) is 2.43. The molecule has 1 N–H and O–H groups in total. The third-order valence-electron chi connectivity index (χ3n) is 2.87. The lowest BCUT2D eigenvalue weighted by Gasteiger charge is -2.20. The van der Waals surface area contributed by atoms with Crippen molar-refractivity contribution in [1.29, 1.82) is 0 Å². The quantitative estimate of drug-likeness (QED) is 0.599. The van der Waals surface area contributed by atoms with Crippen LogP contribution in [0.4, 0.5) is 0 Å². The van der Waals surface area contributed by atoms with Gasteiger partial charge in [-0.25, -0.2) is 0 Å². The van der Waals surface area contributed by atoms with E-state index in [1.165, 1.54) is 5.56 Å². The summed E-state index contributed by atoms with van der Waals surface area (Å²) in [6.45, 7) is 7.45. The molecule has 1 amide bonds. The Balaban J connectivity index is 2.25. The van der Waals surface area contributed by atoms with Crippen LogP contribution in [0.3, 0.4) is 0 Å². The third kappa shape index (κ3) is 6.64. The van der Waals surface area contributed by atoms with Gasteiger partial charge in [-0.2, -0.15) is 0 Å². The van der Waals surface area contributed by atoms with Crippen molar-refractivity contribution in [2.24, 2.45) is 0 Å². The Morgan fingerprint density at radius 1 is 1.32 bits per heavy atom. The van der Waals surface area contributed by atoms with E-state index in [1.807, 2.05) is 6.07 Å². The monoisotopic (exact) mass is 258 g/mol. The summed E-state index contributed by atoms with van der Waals surface area (Å²) in [5.41, 5.74) is 1.32. The number of nitrogens with one attached hydrogen (secondary N) is 1. The largest absolute Gasteiger partial charge is 0.345 e. The van der Waals surface area contributed by atoms with E-state index in [9.17, 15) is 4.79 Å². The van der Waals surface area contributed by atoms with Crippen LogP contribution in [-0.2, 0) is 11.3 Å². The summed E-state index contributed by atoms with van der Waals surface area (Å²) in [4.78, 5) is 13.5.